The summed E-state index contributed by atoms with van der Waals surface area (Å²) in [6, 6.07) is 4.06. The zero-order chi connectivity index (χ0) is 17.3. The van der Waals surface area contributed by atoms with Crippen LogP contribution in [0.15, 0.2) is 24.5 Å². The van der Waals surface area contributed by atoms with Gasteiger partial charge in [-0.2, -0.15) is 0 Å². The van der Waals surface area contributed by atoms with Crippen LogP contribution in [0.4, 0.5) is 0 Å². The highest BCUT2D eigenvalue weighted by Crippen LogP contribution is 2.37. The van der Waals surface area contributed by atoms with E-state index in [-0.39, 0.29) is 5.92 Å². The van der Waals surface area contributed by atoms with Crippen molar-refractivity contribution >= 4 is 5.97 Å². The molecule has 0 spiro atoms. The van der Waals surface area contributed by atoms with Gasteiger partial charge in [0.1, 0.15) is 0 Å². The van der Waals surface area contributed by atoms with Crippen LogP contribution in [0.1, 0.15) is 58.4 Å². The number of carboxylic acid groups (broad SMARTS) is 1. The summed E-state index contributed by atoms with van der Waals surface area (Å²) in [5, 5.41) is 9.51. The molecule has 1 heterocycles. The molecule has 0 aliphatic carbocycles. The molecule has 0 saturated heterocycles. The zero-order valence-electron chi connectivity index (χ0n) is 14.8. The maximum atomic E-state index is 11.6. The van der Waals surface area contributed by atoms with Gasteiger partial charge in [-0.15, -0.1) is 0 Å². The van der Waals surface area contributed by atoms with Crippen LogP contribution in [-0.2, 0) is 11.2 Å². The maximum Gasteiger partial charge on any atom is 0.309 e. The van der Waals surface area contributed by atoms with Crippen LogP contribution in [-0.4, -0.2) is 22.6 Å². The monoisotopic (exact) mass is 320 g/mol. The molecule has 0 radical (unpaired) electrons. The number of unbranched alkanes of at least 4 members (excludes halogenated alkanes) is 1. The summed E-state index contributed by atoms with van der Waals surface area (Å²) in [7, 11) is 0. The van der Waals surface area contributed by atoms with Gasteiger partial charge in [0.25, 0.3) is 0 Å². The highest BCUT2D eigenvalue weighted by Gasteiger charge is 2.37. The van der Waals surface area contributed by atoms with Crippen molar-refractivity contribution < 1.29 is 9.90 Å². The van der Waals surface area contributed by atoms with Crippen molar-refractivity contribution in [3.63, 3.8) is 0 Å². The van der Waals surface area contributed by atoms with Crippen molar-refractivity contribution in [1.82, 2.24) is 4.98 Å². The Kier molecular flexibility index (Phi) is 8.24. The number of aromatic nitrogens is 1. The second-order valence-electron chi connectivity index (χ2n) is 7.11. The van der Waals surface area contributed by atoms with E-state index in [0.29, 0.717) is 12.5 Å². The van der Waals surface area contributed by atoms with Crippen molar-refractivity contribution in [2.45, 2.75) is 59.3 Å². The first-order valence-electron chi connectivity index (χ1n) is 8.72. The van der Waals surface area contributed by atoms with E-state index in [1.165, 1.54) is 5.56 Å². The SMILES string of the molecule is CC(C(CCCCN)CCCc1cccnc1)C(C)(C)C(=O)O. The molecule has 130 valence electrons. The Morgan fingerprint density at radius 1 is 1.30 bits per heavy atom. The summed E-state index contributed by atoms with van der Waals surface area (Å²) in [5.41, 5.74) is 6.16. The Hall–Kier alpha value is -1.42. The van der Waals surface area contributed by atoms with Crippen LogP contribution in [0.5, 0.6) is 0 Å². The molecule has 23 heavy (non-hydrogen) atoms. The Balaban J connectivity index is 2.62. The number of nitrogens with two attached hydrogens (primary N) is 1. The standard InChI is InChI=1S/C19H32N2O2/c1-15(19(2,3)18(22)23)17(10-4-5-12-20)11-6-8-16-9-7-13-21-14-16/h7,9,13-15,17H,4-6,8,10-12,20H2,1-3H3,(H,22,23). The minimum absolute atomic E-state index is 0.145. The van der Waals surface area contributed by atoms with E-state index < -0.39 is 11.4 Å². The number of aryl methyl sites for hydroxylation is 1. The number of aliphatic carboxylic acids is 1. The Bertz CT molecular complexity index is 460. The van der Waals surface area contributed by atoms with Crippen molar-refractivity contribution in [1.29, 1.82) is 0 Å². The molecule has 3 N–H and O–H groups in total. The molecule has 1 rings (SSSR count). The molecule has 4 heteroatoms. The third-order valence-electron chi connectivity index (χ3n) is 5.19. The zero-order valence-corrected chi connectivity index (χ0v) is 14.8. The predicted molar refractivity (Wildman–Crippen MR) is 94.2 cm³/mol. The Labute approximate surface area is 140 Å². The summed E-state index contributed by atoms with van der Waals surface area (Å²) in [4.78, 5) is 15.7. The lowest BCUT2D eigenvalue weighted by atomic mass is 9.70. The van der Waals surface area contributed by atoms with Gasteiger partial charge >= 0.3 is 5.97 Å². The molecule has 2 unspecified atom stereocenters. The second kappa shape index (κ2) is 9.66. The van der Waals surface area contributed by atoms with Gasteiger partial charge in [-0.25, -0.2) is 0 Å². The Morgan fingerprint density at radius 3 is 2.57 bits per heavy atom. The van der Waals surface area contributed by atoms with Gasteiger partial charge in [-0.3, -0.25) is 9.78 Å². The predicted octanol–water partition coefficient (Wildman–Crippen LogP) is 3.90. The fourth-order valence-electron chi connectivity index (χ4n) is 3.09. The molecule has 0 aromatic carbocycles. The quantitative estimate of drug-likeness (QED) is 0.606. The van der Waals surface area contributed by atoms with Gasteiger partial charge in [0.15, 0.2) is 0 Å². The lowest BCUT2D eigenvalue weighted by Gasteiger charge is -2.34. The number of carbonyl (C=O) groups is 1. The number of pyridine rings is 1. The normalized spacial score (nSPS) is 14.4. The molecule has 0 bridgehead atoms. The first-order valence-corrected chi connectivity index (χ1v) is 8.72. The third-order valence-corrected chi connectivity index (χ3v) is 5.19. The van der Waals surface area contributed by atoms with Gasteiger partial charge in [-0.1, -0.05) is 25.8 Å². The van der Waals surface area contributed by atoms with E-state index in [1.807, 2.05) is 26.1 Å². The largest absolute Gasteiger partial charge is 0.481 e. The average molecular weight is 320 g/mol. The number of hydrogen-bond acceptors (Lipinski definition) is 3. The van der Waals surface area contributed by atoms with Gasteiger partial charge in [0, 0.05) is 12.4 Å². The fraction of sp³-hybridized carbons (Fsp3) is 0.684. The molecule has 0 amide bonds. The number of carboxylic acids is 1. The first kappa shape index (κ1) is 19.6. The molecule has 0 fully saturated rings. The van der Waals surface area contributed by atoms with Gasteiger partial charge in [0.2, 0.25) is 0 Å². The summed E-state index contributed by atoms with van der Waals surface area (Å²) < 4.78 is 0. The molecule has 0 aliphatic rings. The van der Waals surface area contributed by atoms with Gasteiger partial charge in [-0.05, 0) is 69.5 Å². The molecule has 0 saturated carbocycles. The van der Waals surface area contributed by atoms with E-state index in [1.54, 1.807) is 6.20 Å². The van der Waals surface area contributed by atoms with Gasteiger partial charge in [0.05, 0.1) is 5.41 Å². The first-order chi connectivity index (χ1) is 10.9. The summed E-state index contributed by atoms with van der Waals surface area (Å²) in [6.45, 7) is 6.48. The van der Waals surface area contributed by atoms with Crippen LogP contribution in [0, 0.1) is 17.3 Å². The van der Waals surface area contributed by atoms with E-state index >= 15 is 0 Å². The smallest absolute Gasteiger partial charge is 0.309 e. The second-order valence-corrected chi connectivity index (χ2v) is 7.11. The van der Waals surface area contributed by atoms with Crippen LogP contribution in [0.3, 0.4) is 0 Å². The molecular weight excluding hydrogens is 288 g/mol. The van der Waals surface area contributed by atoms with Crippen LogP contribution in [0.2, 0.25) is 0 Å². The van der Waals surface area contributed by atoms with Crippen LogP contribution >= 0.6 is 0 Å². The fourth-order valence-corrected chi connectivity index (χ4v) is 3.09. The van der Waals surface area contributed by atoms with Crippen molar-refractivity contribution in [3.05, 3.63) is 30.1 Å². The lowest BCUT2D eigenvalue weighted by Crippen LogP contribution is -2.35. The number of nitrogens with zero attached hydrogens (tertiary/aromatic N) is 1. The van der Waals surface area contributed by atoms with Crippen LogP contribution < -0.4 is 5.73 Å². The number of rotatable bonds is 11. The molecule has 0 aliphatic heterocycles. The summed E-state index contributed by atoms with van der Waals surface area (Å²) in [5.74, 6) is -0.142. The van der Waals surface area contributed by atoms with Crippen molar-refractivity contribution in [3.8, 4) is 0 Å². The average Bonchev–Trinajstić information content (AvgIpc) is 2.53. The molecular formula is C19H32N2O2. The topological polar surface area (TPSA) is 76.2 Å². The van der Waals surface area contributed by atoms with E-state index in [0.717, 1.165) is 38.5 Å². The molecule has 2 atom stereocenters. The molecule has 1 aromatic rings. The lowest BCUT2D eigenvalue weighted by molar-refractivity contribution is -0.151. The Morgan fingerprint density at radius 2 is 2.00 bits per heavy atom. The minimum atomic E-state index is -0.707. The summed E-state index contributed by atoms with van der Waals surface area (Å²) >= 11 is 0. The number of hydrogen-bond donors (Lipinski definition) is 2. The minimum Gasteiger partial charge on any atom is -0.481 e. The highest BCUT2D eigenvalue weighted by atomic mass is 16.4. The highest BCUT2D eigenvalue weighted by molar-refractivity contribution is 5.74. The van der Waals surface area contributed by atoms with E-state index in [9.17, 15) is 9.90 Å². The molecule has 1 aromatic heterocycles. The van der Waals surface area contributed by atoms with Crippen molar-refractivity contribution in [2.75, 3.05) is 6.54 Å². The van der Waals surface area contributed by atoms with E-state index in [4.69, 9.17) is 5.73 Å². The van der Waals surface area contributed by atoms with Crippen molar-refractivity contribution in [2.24, 2.45) is 23.0 Å². The van der Waals surface area contributed by atoms with Gasteiger partial charge < -0.3 is 10.8 Å². The maximum absolute atomic E-state index is 11.6. The summed E-state index contributed by atoms with van der Waals surface area (Å²) in [6.07, 6.45) is 9.97. The third kappa shape index (κ3) is 6.30. The van der Waals surface area contributed by atoms with Crippen LogP contribution in [0.25, 0.3) is 0 Å². The van der Waals surface area contributed by atoms with E-state index in [2.05, 4.69) is 18.0 Å². The molecule has 4 nitrogen and oxygen atoms in total.